The number of aromatic hydroxyl groups is 1. The van der Waals surface area contributed by atoms with E-state index in [4.69, 9.17) is 4.18 Å². The summed E-state index contributed by atoms with van der Waals surface area (Å²) in [4.78, 5) is 0.162. The van der Waals surface area contributed by atoms with Crippen LogP contribution in [0.3, 0.4) is 0 Å². The summed E-state index contributed by atoms with van der Waals surface area (Å²) in [6.45, 7) is 14.3. The zero-order valence-corrected chi connectivity index (χ0v) is 18.8. The predicted molar refractivity (Wildman–Crippen MR) is 114 cm³/mol. The third kappa shape index (κ3) is 5.36. The molecule has 0 atom stereocenters. The lowest BCUT2D eigenvalue weighted by molar-refractivity contribution is 0.321. The molecule has 0 aliphatic heterocycles. The van der Waals surface area contributed by atoms with Crippen molar-refractivity contribution in [1.82, 2.24) is 0 Å². The lowest BCUT2D eigenvalue weighted by atomic mass is 9.78. The van der Waals surface area contributed by atoms with Gasteiger partial charge in [0, 0.05) is 0 Å². The SMILES string of the molecule is Cc1ccc(S(=O)(=O)OCCc2cc(C(C)(C)C)c(O)c(C(C)(C)C)c2)cc1. The van der Waals surface area contributed by atoms with Crippen LogP contribution in [0.25, 0.3) is 0 Å². The van der Waals surface area contributed by atoms with Crippen LogP contribution in [0.15, 0.2) is 41.3 Å². The molecule has 28 heavy (non-hydrogen) atoms. The second-order valence-corrected chi connectivity index (χ2v) is 11.0. The van der Waals surface area contributed by atoms with Crippen molar-refractivity contribution in [2.24, 2.45) is 0 Å². The minimum atomic E-state index is -3.78. The standard InChI is InChI=1S/C23H32O4S/c1-16-8-10-18(11-9-16)28(25,26)27-13-12-17-14-19(22(2,3)4)21(24)20(15-17)23(5,6)7/h8-11,14-15,24H,12-13H2,1-7H3. The molecule has 0 aliphatic carbocycles. The smallest absolute Gasteiger partial charge is 0.296 e. The molecule has 2 aromatic rings. The molecule has 2 rings (SSSR count). The van der Waals surface area contributed by atoms with Crippen molar-refractivity contribution < 1.29 is 17.7 Å². The first-order valence-corrected chi connectivity index (χ1v) is 11.0. The van der Waals surface area contributed by atoms with E-state index in [0.29, 0.717) is 12.2 Å². The highest BCUT2D eigenvalue weighted by Crippen LogP contribution is 2.39. The van der Waals surface area contributed by atoms with E-state index in [0.717, 1.165) is 22.3 Å². The van der Waals surface area contributed by atoms with Gasteiger partial charge in [-0.2, -0.15) is 8.42 Å². The zero-order valence-electron chi connectivity index (χ0n) is 18.0. The van der Waals surface area contributed by atoms with Gasteiger partial charge in [-0.1, -0.05) is 71.4 Å². The Kier molecular flexibility index (Phi) is 6.31. The Labute approximate surface area is 169 Å². The molecule has 0 unspecified atom stereocenters. The Bertz CT molecular complexity index is 893. The van der Waals surface area contributed by atoms with Crippen LogP contribution in [0, 0.1) is 6.92 Å². The maximum atomic E-state index is 12.4. The molecular formula is C23H32O4S. The summed E-state index contributed by atoms with van der Waals surface area (Å²) in [5.74, 6) is 0.317. The van der Waals surface area contributed by atoms with Crippen molar-refractivity contribution in [2.75, 3.05) is 6.61 Å². The monoisotopic (exact) mass is 404 g/mol. The van der Waals surface area contributed by atoms with Crippen molar-refractivity contribution in [1.29, 1.82) is 0 Å². The third-order valence-electron chi connectivity index (χ3n) is 4.72. The minimum Gasteiger partial charge on any atom is -0.507 e. The van der Waals surface area contributed by atoms with Gasteiger partial charge in [-0.3, -0.25) is 4.18 Å². The van der Waals surface area contributed by atoms with E-state index in [2.05, 4.69) is 41.5 Å². The van der Waals surface area contributed by atoms with Crippen molar-refractivity contribution in [3.8, 4) is 5.75 Å². The largest absolute Gasteiger partial charge is 0.507 e. The second kappa shape index (κ2) is 7.88. The Morgan fingerprint density at radius 1 is 0.893 bits per heavy atom. The summed E-state index contributed by atoms with van der Waals surface area (Å²) in [7, 11) is -3.78. The fourth-order valence-electron chi connectivity index (χ4n) is 3.02. The third-order valence-corrected chi connectivity index (χ3v) is 6.05. The molecule has 2 aromatic carbocycles. The zero-order chi connectivity index (χ0) is 21.3. The van der Waals surface area contributed by atoms with E-state index in [-0.39, 0.29) is 22.3 Å². The Balaban J connectivity index is 2.25. The summed E-state index contributed by atoms with van der Waals surface area (Å²) in [6.07, 6.45) is 0.442. The predicted octanol–water partition coefficient (Wildman–Crippen LogP) is 5.24. The fraction of sp³-hybridized carbons (Fsp3) is 0.478. The van der Waals surface area contributed by atoms with Crippen LogP contribution >= 0.6 is 0 Å². The van der Waals surface area contributed by atoms with Crippen molar-refractivity contribution in [2.45, 2.75) is 70.6 Å². The van der Waals surface area contributed by atoms with Crippen LogP contribution in [0.2, 0.25) is 0 Å². The van der Waals surface area contributed by atoms with Crippen molar-refractivity contribution in [3.63, 3.8) is 0 Å². The molecule has 0 bridgehead atoms. The Hall–Kier alpha value is -1.85. The van der Waals surface area contributed by atoms with Crippen LogP contribution in [-0.4, -0.2) is 20.1 Å². The number of rotatable bonds is 5. The van der Waals surface area contributed by atoms with Gasteiger partial charge in [0.05, 0.1) is 11.5 Å². The van der Waals surface area contributed by atoms with Gasteiger partial charge in [0.15, 0.2) is 0 Å². The number of aryl methyl sites for hydroxylation is 1. The molecule has 0 aliphatic rings. The molecule has 0 saturated carbocycles. The van der Waals surface area contributed by atoms with Crippen LogP contribution in [0.5, 0.6) is 5.75 Å². The van der Waals surface area contributed by atoms with E-state index >= 15 is 0 Å². The van der Waals surface area contributed by atoms with Gasteiger partial charge < -0.3 is 5.11 Å². The summed E-state index contributed by atoms with van der Waals surface area (Å²) >= 11 is 0. The first-order valence-electron chi connectivity index (χ1n) is 9.55. The van der Waals surface area contributed by atoms with Crippen LogP contribution < -0.4 is 0 Å². The quantitative estimate of drug-likeness (QED) is 0.692. The maximum absolute atomic E-state index is 12.4. The molecule has 0 aromatic heterocycles. The van der Waals surface area contributed by atoms with E-state index < -0.39 is 10.1 Å². The highest BCUT2D eigenvalue weighted by Gasteiger charge is 2.26. The molecule has 0 spiro atoms. The van der Waals surface area contributed by atoms with Gasteiger partial charge >= 0.3 is 0 Å². The lowest BCUT2D eigenvalue weighted by Crippen LogP contribution is -2.18. The minimum absolute atomic E-state index is 0.0498. The van der Waals surface area contributed by atoms with Gasteiger partial charge in [0.25, 0.3) is 10.1 Å². The lowest BCUT2D eigenvalue weighted by Gasteiger charge is -2.28. The highest BCUT2D eigenvalue weighted by molar-refractivity contribution is 7.86. The average molecular weight is 405 g/mol. The summed E-state index contributed by atoms with van der Waals surface area (Å²) < 4.78 is 30.0. The van der Waals surface area contributed by atoms with Gasteiger partial charge in [-0.15, -0.1) is 0 Å². The normalized spacial score (nSPS) is 13.0. The fourth-order valence-corrected chi connectivity index (χ4v) is 3.93. The van der Waals surface area contributed by atoms with E-state index in [9.17, 15) is 13.5 Å². The summed E-state index contributed by atoms with van der Waals surface area (Å²) in [6, 6.07) is 10.5. The number of benzene rings is 2. The van der Waals surface area contributed by atoms with Crippen LogP contribution in [-0.2, 0) is 31.6 Å². The average Bonchev–Trinajstić information content (AvgIpc) is 2.54. The molecule has 0 heterocycles. The molecule has 1 N–H and O–H groups in total. The second-order valence-electron chi connectivity index (χ2n) is 9.38. The van der Waals surface area contributed by atoms with Crippen molar-refractivity contribution in [3.05, 3.63) is 58.7 Å². The molecule has 0 amide bonds. The number of phenols is 1. The Morgan fingerprint density at radius 2 is 1.36 bits per heavy atom. The molecule has 0 saturated heterocycles. The topological polar surface area (TPSA) is 63.6 Å². The molecule has 0 fully saturated rings. The van der Waals surface area contributed by atoms with E-state index in [1.807, 2.05) is 19.1 Å². The van der Waals surface area contributed by atoms with Gasteiger partial charge in [-0.25, -0.2) is 0 Å². The molecule has 0 radical (unpaired) electrons. The summed E-state index contributed by atoms with van der Waals surface area (Å²) in [5, 5.41) is 10.8. The first-order chi connectivity index (χ1) is 12.7. The van der Waals surface area contributed by atoms with Crippen LogP contribution in [0.4, 0.5) is 0 Å². The first kappa shape index (κ1) is 22.4. The molecular weight excluding hydrogens is 372 g/mol. The van der Waals surface area contributed by atoms with Gasteiger partial charge in [0.2, 0.25) is 0 Å². The molecule has 5 heteroatoms. The maximum Gasteiger partial charge on any atom is 0.296 e. The van der Waals surface area contributed by atoms with E-state index in [1.165, 1.54) is 0 Å². The number of hydrogen-bond donors (Lipinski definition) is 1. The van der Waals surface area contributed by atoms with Crippen LogP contribution in [0.1, 0.15) is 63.8 Å². The molecule has 4 nitrogen and oxygen atoms in total. The highest BCUT2D eigenvalue weighted by atomic mass is 32.2. The Morgan fingerprint density at radius 3 is 1.79 bits per heavy atom. The summed E-state index contributed by atoms with van der Waals surface area (Å²) in [5.41, 5.74) is 3.20. The number of phenolic OH excluding ortho intramolecular Hbond substituents is 1. The number of hydrogen-bond acceptors (Lipinski definition) is 4. The van der Waals surface area contributed by atoms with Crippen molar-refractivity contribution >= 4 is 10.1 Å². The van der Waals surface area contributed by atoms with Gasteiger partial charge in [0.1, 0.15) is 5.75 Å². The van der Waals surface area contributed by atoms with Gasteiger partial charge in [-0.05, 0) is 53.0 Å². The molecule has 154 valence electrons. The van der Waals surface area contributed by atoms with E-state index in [1.54, 1.807) is 24.3 Å².